The lowest BCUT2D eigenvalue weighted by Gasteiger charge is -2.28. The molecule has 2 aromatic carbocycles. The summed E-state index contributed by atoms with van der Waals surface area (Å²) in [4.78, 5) is 12.6. The zero-order valence-electron chi connectivity index (χ0n) is 17.7. The number of phenols is 1. The molecule has 162 valence electrons. The van der Waals surface area contributed by atoms with Crippen LogP contribution in [0.4, 0.5) is 8.78 Å². The highest BCUT2D eigenvalue weighted by molar-refractivity contribution is 6.00. The zero-order valence-corrected chi connectivity index (χ0v) is 17.7. The van der Waals surface area contributed by atoms with E-state index in [4.69, 9.17) is 4.74 Å². The number of ketones is 1. The molecule has 30 heavy (non-hydrogen) atoms. The molecule has 2 aromatic rings. The maximum absolute atomic E-state index is 14.7. The first-order chi connectivity index (χ1) is 14.4. The molecule has 1 N–H and O–H groups in total. The van der Waals surface area contributed by atoms with Gasteiger partial charge in [0.05, 0.1) is 12.2 Å². The molecule has 0 aromatic heterocycles. The molecule has 3 nitrogen and oxygen atoms in total. The fourth-order valence-corrected chi connectivity index (χ4v) is 4.46. The van der Waals surface area contributed by atoms with Crippen LogP contribution in [-0.4, -0.2) is 17.5 Å². The van der Waals surface area contributed by atoms with Gasteiger partial charge in [-0.25, -0.2) is 4.39 Å². The lowest BCUT2D eigenvalue weighted by Crippen LogP contribution is -2.14. The van der Waals surface area contributed by atoms with Gasteiger partial charge in [0.25, 0.3) is 0 Å². The van der Waals surface area contributed by atoms with Crippen molar-refractivity contribution in [1.29, 1.82) is 0 Å². The van der Waals surface area contributed by atoms with Crippen molar-refractivity contribution in [2.75, 3.05) is 6.61 Å². The van der Waals surface area contributed by atoms with Crippen LogP contribution in [0.5, 0.6) is 11.5 Å². The van der Waals surface area contributed by atoms with Crippen molar-refractivity contribution in [2.45, 2.75) is 64.7 Å². The summed E-state index contributed by atoms with van der Waals surface area (Å²) in [5.74, 6) is -1.67. The Hall–Kier alpha value is -2.43. The molecule has 0 unspecified atom stereocenters. The average Bonchev–Trinajstić information content (AvgIpc) is 2.74. The van der Waals surface area contributed by atoms with Gasteiger partial charge in [-0.3, -0.25) is 4.79 Å². The quantitative estimate of drug-likeness (QED) is 0.495. The van der Waals surface area contributed by atoms with Gasteiger partial charge in [0.15, 0.2) is 17.3 Å². The van der Waals surface area contributed by atoms with E-state index in [1.54, 1.807) is 13.0 Å². The number of phenolic OH excluding ortho intramolecular Hbond substituents is 1. The van der Waals surface area contributed by atoms with E-state index in [1.165, 1.54) is 43.9 Å². The van der Waals surface area contributed by atoms with Crippen LogP contribution in [0.2, 0.25) is 0 Å². The smallest absolute Gasteiger partial charge is 0.207 e. The summed E-state index contributed by atoms with van der Waals surface area (Å²) in [7, 11) is 0. The Morgan fingerprint density at radius 3 is 2.47 bits per heavy atom. The molecule has 3 rings (SSSR count). The van der Waals surface area contributed by atoms with Crippen molar-refractivity contribution in [1.82, 2.24) is 0 Å². The van der Waals surface area contributed by atoms with Crippen LogP contribution in [-0.2, 0) is 6.42 Å². The highest BCUT2D eigenvalue weighted by atomic mass is 19.1. The highest BCUT2D eigenvalue weighted by Crippen LogP contribution is 2.38. The van der Waals surface area contributed by atoms with Gasteiger partial charge in [-0.05, 0) is 73.8 Å². The lowest BCUT2D eigenvalue weighted by molar-refractivity contribution is 0.0988. The molecule has 1 aliphatic rings. The molecule has 1 fully saturated rings. The number of aromatic hydroxyl groups is 1. The zero-order chi connectivity index (χ0) is 21.7. The second-order valence-electron chi connectivity index (χ2n) is 8.16. The fourth-order valence-electron chi connectivity index (χ4n) is 4.46. The minimum atomic E-state index is -0.975. The minimum Gasteiger partial charge on any atom is -0.504 e. The Morgan fingerprint density at radius 1 is 1.10 bits per heavy atom. The molecule has 0 heterocycles. The molecule has 5 heteroatoms. The van der Waals surface area contributed by atoms with Crippen LogP contribution in [0, 0.1) is 17.6 Å². The van der Waals surface area contributed by atoms with Crippen LogP contribution in [0.25, 0.3) is 0 Å². The molecule has 1 saturated carbocycles. The number of Topliss-reactive ketones (excluding diaryl/α,β-unsaturated/α-hetero) is 1. The molecule has 0 radical (unpaired) electrons. The normalized spacial score (nSPS) is 18.9. The maximum atomic E-state index is 14.7. The highest BCUT2D eigenvalue weighted by Gasteiger charge is 2.24. The largest absolute Gasteiger partial charge is 0.504 e. The Kier molecular flexibility index (Phi) is 7.46. The minimum absolute atomic E-state index is 0.115. The topological polar surface area (TPSA) is 46.5 Å². The predicted molar refractivity (Wildman–Crippen MR) is 113 cm³/mol. The van der Waals surface area contributed by atoms with Crippen molar-refractivity contribution in [2.24, 2.45) is 5.92 Å². The van der Waals surface area contributed by atoms with E-state index < -0.39 is 23.2 Å². The van der Waals surface area contributed by atoms with Crippen molar-refractivity contribution >= 4 is 5.78 Å². The molecule has 0 spiro atoms. The average molecular weight is 417 g/mol. The Balaban J connectivity index is 1.69. The van der Waals surface area contributed by atoms with Gasteiger partial charge in [0.2, 0.25) is 5.82 Å². The predicted octanol–water partition coefficient (Wildman–Crippen LogP) is 6.57. The second-order valence-corrected chi connectivity index (χ2v) is 8.16. The number of benzene rings is 2. The van der Waals surface area contributed by atoms with E-state index in [-0.39, 0.29) is 29.9 Å². The van der Waals surface area contributed by atoms with E-state index in [9.17, 15) is 18.7 Å². The van der Waals surface area contributed by atoms with Crippen molar-refractivity contribution in [3.05, 3.63) is 58.7 Å². The lowest BCUT2D eigenvalue weighted by atomic mass is 9.77. The summed E-state index contributed by atoms with van der Waals surface area (Å²) in [6.07, 6.45) is 6.74. The van der Waals surface area contributed by atoms with Gasteiger partial charge in [-0.15, -0.1) is 0 Å². The summed E-state index contributed by atoms with van der Waals surface area (Å²) < 4.78 is 33.9. The van der Waals surface area contributed by atoms with Gasteiger partial charge in [-0.1, -0.05) is 31.9 Å². The molecule has 0 atom stereocenters. The summed E-state index contributed by atoms with van der Waals surface area (Å²) in [6, 6.07) is 7.69. The molecule has 0 saturated heterocycles. The monoisotopic (exact) mass is 416 g/mol. The third-order valence-corrected chi connectivity index (χ3v) is 6.12. The number of carbonyl (C=O) groups is 1. The summed E-state index contributed by atoms with van der Waals surface area (Å²) >= 11 is 0. The Bertz CT molecular complexity index is 886. The first kappa shape index (κ1) is 22.3. The van der Waals surface area contributed by atoms with Crippen molar-refractivity contribution in [3.8, 4) is 11.5 Å². The van der Waals surface area contributed by atoms with E-state index in [1.807, 2.05) is 6.07 Å². The maximum Gasteiger partial charge on any atom is 0.207 e. The summed E-state index contributed by atoms with van der Waals surface area (Å²) in [5.41, 5.74) is 1.05. The van der Waals surface area contributed by atoms with Crippen LogP contribution >= 0.6 is 0 Å². The van der Waals surface area contributed by atoms with Gasteiger partial charge in [0.1, 0.15) is 5.82 Å². The Morgan fingerprint density at radius 2 is 1.83 bits per heavy atom. The van der Waals surface area contributed by atoms with E-state index in [2.05, 4.69) is 6.92 Å². The SMILES string of the molecule is CCCC1CCC(c2ccc(CC(=O)c3ccc(OCC)c(F)c3O)c(F)c2)CC1. The van der Waals surface area contributed by atoms with Gasteiger partial charge >= 0.3 is 0 Å². The first-order valence-electron chi connectivity index (χ1n) is 10.9. The van der Waals surface area contributed by atoms with Gasteiger partial charge in [0, 0.05) is 6.42 Å². The molecular weight excluding hydrogens is 386 g/mol. The van der Waals surface area contributed by atoms with Crippen LogP contribution in [0.15, 0.2) is 30.3 Å². The molecule has 1 aliphatic carbocycles. The number of rotatable bonds is 8. The van der Waals surface area contributed by atoms with Crippen molar-refractivity contribution < 1.29 is 23.4 Å². The third-order valence-electron chi connectivity index (χ3n) is 6.12. The van der Waals surface area contributed by atoms with Gasteiger partial charge < -0.3 is 9.84 Å². The standard InChI is InChI=1S/C25H30F2O3/c1-3-5-16-6-8-17(9-7-16)18-10-11-19(21(26)14-18)15-22(28)20-12-13-23(30-4-2)24(27)25(20)29/h10-14,16-17,29H,3-9,15H2,1-2H3. The fraction of sp³-hybridized carbons (Fsp3) is 0.480. The molecule has 0 amide bonds. The second kappa shape index (κ2) is 10.1. The molecular formula is C25H30F2O3. The van der Waals surface area contributed by atoms with Gasteiger partial charge in [-0.2, -0.15) is 4.39 Å². The Labute approximate surface area is 177 Å². The number of ether oxygens (including phenoxy) is 1. The van der Waals surface area contributed by atoms with Crippen molar-refractivity contribution in [3.63, 3.8) is 0 Å². The number of hydrogen-bond acceptors (Lipinski definition) is 3. The number of carbonyl (C=O) groups excluding carboxylic acids is 1. The van der Waals surface area contributed by atoms with E-state index in [0.717, 1.165) is 24.3 Å². The number of hydrogen-bond donors (Lipinski definition) is 1. The summed E-state index contributed by atoms with van der Waals surface area (Å²) in [6.45, 7) is 4.14. The molecule has 0 aliphatic heterocycles. The molecule has 0 bridgehead atoms. The first-order valence-corrected chi connectivity index (χ1v) is 10.9. The van der Waals surface area contributed by atoms with E-state index >= 15 is 0 Å². The van der Waals surface area contributed by atoms with Crippen LogP contribution in [0.1, 0.15) is 79.8 Å². The van der Waals surface area contributed by atoms with E-state index in [0.29, 0.717) is 5.92 Å². The van der Waals surface area contributed by atoms with Crippen LogP contribution < -0.4 is 4.74 Å². The summed E-state index contributed by atoms with van der Waals surface area (Å²) in [5, 5.41) is 10.0. The number of halogens is 2. The third kappa shape index (κ3) is 5.00. The van der Waals surface area contributed by atoms with Crippen LogP contribution in [0.3, 0.4) is 0 Å².